The Balaban J connectivity index is 1.55. The molecular weight excluding hydrogens is 272 g/mol. The van der Waals surface area contributed by atoms with Gasteiger partial charge in [-0.15, -0.1) is 0 Å². The smallest absolute Gasteiger partial charge is 0.0625 e. The predicted molar refractivity (Wildman–Crippen MR) is 91.1 cm³/mol. The zero-order chi connectivity index (χ0) is 15.4. The van der Waals surface area contributed by atoms with Crippen LogP contribution in [-0.4, -0.2) is 41.3 Å². The second-order valence-corrected chi connectivity index (χ2v) is 6.27. The van der Waals surface area contributed by atoms with Crippen LogP contribution in [0.4, 0.5) is 5.69 Å². The molecule has 0 spiro atoms. The number of aromatic amines is 1. The first-order chi connectivity index (χ1) is 10.8. The molecule has 118 valence electrons. The fraction of sp³-hybridized carbons (Fsp3) is 0.500. The van der Waals surface area contributed by atoms with E-state index in [4.69, 9.17) is 0 Å². The second kappa shape index (κ2) is 6.97. The van der Waals surface area contributed by atoms with E-state index in [2.05, 4.69) is 70.4 Å². The van der Waals surface area contributed by atoms with E-state index in [1.54, 1.807) is 0 Å². The van der Waals surface area contributed by atoms with Crippen LogP contribution in [0.5, 0.6) is 0 Å². The molecule has 2 aromatic rings. The van der Waals surface area contributed by atoms with Gasteiger partial charge in [-0.25, -0.2) is 0 Å². The SMILES string of the molecule is CCCc1cc(CN(C)C2CCN(c3ccccc3)C2)[nH]n1. The summed E-state index contributed by atoms with van der Waals surface area (Å²) in [6.07, 6.45) is 3.43. The number of H-pyrrole nitrogens is 1. The van der Waals surface area contributed by atoms with Gasteiger partial charge in [0.05, 0.1) is 5.69 Å². The number of aromatic nitrogens is 2. The highest BCUT2D eigenvalue weighted by Crippen LogP contribution is 2.22. The van der Waals surface area contributed by atoms with Crippen LogP contribution in [0.2, 0.25) is 0 Å². The van der Waals surface area contributed by atoms with Gasteiger partial charge in [-0.2, -0.15) is 5.10 Å². The van der Waals surface area contributed by atoms with Crippen LogP contribution in [0.1, 0.15) is 31.2 Å². The predicted octanol–water partition coefficient (Wildman–Crippen LogP) is 3.07. The minimum atomic E-state index is 0.609. The Hall–Kier alpha value is -1.81. The van der Waals surface area contributed by atoms with Crippen molar-refractivity contribution in [1.82, 2.24) is 15.1 Å². The number of rotatable bonds is 6. The van der Waals surface area contributed by atoms with Gasteiger partial charge in [0.2, 0.25) is 0 Å². The molecule has 1 aliphatic heterocycles. The van der Waals surface area contributed by atoms with Crippen molar-refractivity contribution >= 4 is 5.69 Å². The summed E-state index contributed by atoms with van der Waals surface area (Å²) < 4.78 is 0. The van der Waals surface area contributed by atoms with E-state index in [0.717, 1.165) is 32.5 Å². The Bertz CT molecular complexity index is 578. The fourth-order valence-electron chi connectivity index (χ4n) is 3.25. The summed E-state index contributed by atoms with van der Waals surface area (Å²) in [4.78, 5) is 4.93. The molecule has 1 fully saturated rings. The number of nitrogens with zero attached hydrogens (tertiary/aromatic N) is 3. The van der Waals surface area contributed by atoms with Crippen molar-refractivity contribution in [2.75, 3.05) is 25.0 Å². The Morgan fingerprint density at radius 2 is 2.14 bits per heavy atom. The number of likely N-dealkylation sites (N-methyl/N-ethyl adjacent to an activating group) is 1. The lowest BCUT2D eigenvalue weighted by molar-refractivity contribution is 0.247. The van der Waals surface area contributed by atoms with E-state index >= 15 is 0 Å². The third-order valence-electron chi connectivity index (χ3n) is 4.52. The molecule has 0 saturated carbocycles. The Morgan fingerprint density at radius 3 is 2.91 bits per heavy atom. The lowest BCUT2D eigenvalue weighted by Gasteiger charge is -2.24. The fourth-order valence-corrected chi connectivity index (χ4v) is 3.25. The maximum absolute atomic E-state index is 4.39. The van der Waals surface area contributed by atoms with Gasteiger partial charge in [-0.05, 0) is 38.1 Å². The number of para-hydroxylation sites is 1. The molecule has 1 saturated heterocycles. The zero-order valence-electron chi connectivity index (χ0n) is 13.6. The standard InChI is InChI=1S/C18H26N4/c1-3-7-15-12-16(20-19-15)13-21(2)18-10-11-22(14-18)17-8-5-4-6-9-17/h4-6,8-9,12,18H,3,7,10-11,13-14H2,1-2H3,(H,19,20). The van der Waals surface area contributed by atoms with E-state index in [9.17, 15) is 0 Å². The van der Waals surface area contributed by atoms with E-state index in [0.29, 0.717) is 6.04 Å². The molecule has 3 rings (SSSR count). The van der Waals surface area contributed by atoms with Crippen molar-refractivity contribution < 1.29 is 0 Å². The molecule has 2 heterocycles. The lowest BCUT2D eigenvalue weighted by atomic mass is 10.2. The van der Waals surface area contributed by atoms with Crippen LogP contribution >= 0.6 is 0 Å². The summed E-state index contributed by atoms with van der Waals surface area (Å²) in [6, 6.07) is 13.5. The van der Waals surface area contributed by atoms with Gasteiger partial charge < -0.3 is 4.90 Å². The molecule has 4 nitrogen and oxygen atoms in total. The van der Waals surface area contributed by atoms with Crippen LogP contribution in [-0.2, 0) is 13.0 Å². The van der Waals surface area contributed by atoms with Gasteiger partial charge >= 0.3 is 0 Å². The van der Waals surface area contributed by atoms with Crippen LogP contribution in [0, 0.1) is 0 Å². The highest BCUT2D eigenvalue weighted by molar-refractivity contribution is 5.47. The molecule has 1 N–H and O–H groups in total. The molecule has 0 aliphatic carbocycles. The molecule has 0 bridgehead atoms. The maximum atomic E-state index is 4.39. The van der Waals surface area contributed by atoms with Crippen LogP contribution in [0.15, 0.2) is 36.4 Å². The normalized spacial score (nSPS) is 18.3. The number of hydrogen-bond donors (Lipinski definition) is 1. The van der Waals surface area contributed by atoms with Gasteiger partial charge in [-0.3, -0.25) is 10.00 Å². The van der Waals surface area contributed by atoms with Gasteiger partial charge in [0.25, 0.3) is 0 Å². The zero-order valence-corrected chi connectivity index (χ0v) is 13.6. The summed E-state index contributed by atoms with van der Waals surface area (Å²) in [5.41, 5.74) is 3.75. The van der Waals surface area contributed by atoms with Crippen molar-refractivity contribution in [3.05, 3.63) is 47.8 Å². The molecule has 0 radical (unpaired) electrons. The van der Waals surface area contributed by atoms with E-state index in [1.165, 1.54) is 23.5 Å². The quantitative estimate of drug-likeness (QED) is 0.890. The minimum Gasteiger partial charge on any atom is -0.370 e. The third kappa shape index (κ3) is 3.50. The molecule has 0 amide bonds. The van der Waals surface area contributed by atoms with Gasteiger partial charge in [-0.1, -0.05) is 31.5 Å². The second-order valence-electron chi connectivity index (χ2n) is 6.27. The number of benzene rings is 1. The van der Waals surface area contributed by atoms with Crippen molar-refractivity contribution in [1.29, 1.82) is 0 Å². The van der Waals surface area contributed by atoms with Crippen molar-refractivity contribution in [3.63, 3.8) is 0 Å². The first-order valence-electron chi connectivity index (χ1n) is 8.29. The van der Waals surface area contributed by atoms with Crippen LogP contribution < -0.4 is 4.90 Å². The molecule has 1 aromatic carbocycles. The molecule has 1 atom stereocenters. The number of hydrogen-bond acceptors (Lipinski definition) is 3. The number of nitrogens with one attached hydrogen (secondary N) is 1. The van der Waals surface area contributed by atoms with Gasteiger partial charge in [0.15, 0.2) is 0 Å². The monoisotopic (exact) mass is 298 g/mol. The molecule has 1 unspecified atom stereocenters. The molecule has 4 heteroatoms. The van der Waals surface area contributed by atoms with Gasteiger partial charge in [0.1, 0.15) is 0 Å². The highest BCUT2D eigenvalue weighted by Gasteiger charge is 2.26. The number of aryl methyl sites for hydroxylation is 1. The third-order valence-corrected chi connectivity index (χ3v) is 4.52. The average molecular weight is 298 g/mol. The Morgan fingerprint density at radius 1 is 1.32 bits per heavy atom. The van der Waals surface area contributed by atoms with Crippen molar-refractivity contribution in [3.8, 4) is 0 Å². The molecule has 22 heavy (non-hydrogen) atoms. The van der Waals surface area contributed by atoms with Gasteiger partial charge in [0, 0.05) is 37.1 Å². The largest absolute Gasteiger partial charge is 0.370 e. The topological polar surface area (TPSA) is 35.2 Å². The molecular formula is C18H26N4. The van der Waals surface area contributed by atoms with E-state index in [1.807, 2.05) is 0 Å². The van der Waals surface area contributed by atoms with E-state index < -0.39 is 0 Å². The summed E-state index contributed by atoms with van der Waals surface area (Å²) in [5, 5.41) is 7.57. The summed E-state index contributed by atoms with van der Waals surface area (Å²) in [7, 11) is 2.22. The lowest BCUT2D eigenvalue weighted by Crippen LogP contribution is -2.34. The Kier molecular flexibility index (Phi) is 4.78. The van der Waals surface area contributed by atoms with Crippen molar-refractivity contribution in [2.45, 2.75) is 38.8 Å². The molecule has 1 aliphatic rings. The first-order valence-corrected chi connectivity index (χ1v) is 8.29. The van der Waals surface area contributed by atoms with E-state index in [-0.39, 0.29) is 0 Å². The Labute approximate surface area is 133 Å². The number of anilines is 1. The first kappa shape index (κ1) is 15.1. The van der Waals surface area contributed by atoms with Crippen LogP contribution in [0.25, 0.3) is 0 Å². The molecule has 1 aromatic heterocycles. The summed E-state index contributed by atoms with van der Waals surface area (Å²) in [5.74, 6) is 0. The minimum absolute atomic E-state index is 0.609. The summed E-state index contributed by atoms with van der Waals surface area (Å²) >= 11 is 0. The van der Waals surface area contributed by atoms with Crippen LogP contribution in [0.3, 0.4) is 0 Å². The average Bonchev–Trinajstić information content (AvgIpc) is 3.18. The highest BCUT2D eigenvalue weighted by atomic mass is 15.3. The maximum Gasteiger partial charge on any atom is 0.0625 e. The summed E-state index contributed by atoms with van der Waals surface area (Å²) in [6.45, 7) is 5.39. The van der Waals surface area contributed by atoms with Crippen molar-refractivity contribution in [2.24, 2.45) is 0 Å².